The molecule has 0 saturated carbocycles. The molecular weight excluding hydrogens is 552 g/mol. The van der Waals surface area contributed by atoms with Crippen LogP contribution in [0.2, 0.25) is 0 Å². The number of carbonyl (C=O) groups is 4. The third-order valence-electron chi connectivity index (χ3n) is 4.41. The standard InChI is InChI=1S/C30H24O12/c1-5-27(31)39-15-11-35-23-9-10-24(36-12-16-40-28(32)6-2)22-20-26(38-14-18-42-30(34)8-4)25(19-21(22)23)37-13-17-41-29(33)7-3/h5-20H,1-4H2. The van der Waals surface area contributed by atoms with E-state index in [1.165, 1.54) is 24.3 Å². The van der Waals surface area contributed by atoms with Crippen LogP contribution in [-0.2, 0) is 38.1 Å². The number of hydrogen-bond acceptors (Lipinski definition) is 12. The van der Waals surface area contributed by atoms with Gasteiger partial charge in [-0.1, -0.05) is 26.3 Å². The van der Waals surface area contributed by atoms with Gasteiger partial charge in [0, 0.05) is 35.1 Å². The van der Waals surface area contributed by atoms with Gasteiger partial charge < -0.3 is 37.9 Å². The summed E-state index contributed by atoms with van der Waals surface area (Å²) >= 11 is 0. The van der Waals surface area contributed by atoms with Gasteiger partial charge in [-0.15, -0.1) is 0 Å². The molecule has 0 radical (unpaired) electrons. The Morgan fingerprint density at radius 2 is 0.690 bits per heavy atom. The topological polar surface area (TPSA) is 142 Å². The lowest BCUT2D eigenvalue weighted by Gasteiger charge is -2.14. The fraction of sp³-hybridized carbons (Fsp3) is 0. The zero-order chi connectivity index (χ0) is 30.7. The number of benzene rings is 2. The van der Waals surface area contributed by atoms with E-state index < -0.39 is 23.9 Å². The van der Waals surface area contributed by atoms with Crippen LogP contribution in [0.1, 0.15) is 0 Å². The molecule has 0 atom stereocenters. The lowest BCUT2D eigenvalue weighted by Crippen LogP contribution is -1.97. The molecule has 2 aromatic rings. The molecule has 2 aromatic carbocycles. The molecule has 216 valence electrons. The van der Waals surface area contributed by atoms with E-state index >= 15 is 0 Å². The van der Waals surface area contributed by atoms with Crippen LogP contribution in [0, 0.1) is 0 Å². The Hall–Kier alpha value is -6.30. The number of hydrogen-bond donors (Lipinski definition) is 0. The van der Waals surface area contributed by atoms with Crippen LogP contribution < -0.4 is 18.9 Å². The van der Waals surface area contributed by atoms with Gasteiger partial charge in [0.15, 0.2) is 11.5 Å². The van der Waals surface area contributed by atoms with Crippen molar-refractivity contribution in [2.24, 2.45) is 0 Å². The predicted molar refractivity (Wildman–Crippen MR) is 148 cm³/mol. The van der Waals surface area contributed by atoms with E-state index in [4.69, 9.17) is 37.9 Å². The fourth-order valence-corrected chi connectivity index (χ4v) is 2.66. The Morgan fingerprint density at radius 1 is 0.429 bits per heavy atom. The fourth-order valence-electron chi connectivity index (χ4n) is 2.66. The highest BCUT2D eigenvalue weighted by atomic mass is 16.6. The zero-order valence-electron chi connectivity index (χ0n) is 22.0. The largest absolute Gasteiger partial charge is 0.461 e. The summed E-state index contributed by atoms with van der Waals surface area (Å²) in [6.45, 7) is 13.2. The van der Waals surface area contributed by atoms with Crippen molar-refractivity contribution in [3.63, 3.8) is 0 Å². The summed E-state index contributed by atoms with van der Waals surface area (Å²) in [6.07, 6.45) is 12.2. The van der Waals surface area contributed by atoms with E-state index in [2.05, 4.69) is 26.3 Å². The van der Waals surface area contributed by atoms with Gasteiger partial charge >= 0.3 is 23.9 Å². The number of ether oxygens (including phenoxy) is 8. The minimum absolute atomic E-state index is 0.0765. The molecule has 0 fully saturated rings. The summed E-state index contributed by atoms with van der Waals surface area (Å²) in [5.74, 6) is -2.17. The average molecular weight is 577 g/mol. The van der Waals surface area contributed by atoms with E-state index in [1.807, 2.05) is 0 Å². The molecule has 0 unspecified atom stereocenters. The van der Waals surface area contributed by atoms with Crippen LogP contribution in [0.15, 0.2) is 125 Å². The Bertz CT molecular complexity index is 1370. The Kier molecular flexibility index (Phi) is 13.2. The minimum Gasteiger partial charge on any atom is -0.461 e. The zero-order valence-corrected chi connectivity index (χ0v) is 22.0. The number of fused-ring (bicyclic) bond motifs is 1. The molecule has 0 aromatic heterocycles. The normalized spacial score (nSPS) is 10.8. The number of carbonyl (C=O) groups excluding carboxylic acids is 4. The average Bonchev–Trinajstić information content (AvgIpc) is 3.01. The molecule has 12 nitrogen and oxygen atoms in total. The summed E-state index contributed by atoms with van der Waals surface area (Å²) < 4.78 is 41.5. The first-order chi connectivity index (χ1) is 20.3. The van der Waals surface area contributed by atoms with E-state index in [0.717, 1.165) is 74.4 Å². The van der Waals surface area contributed by atoms with Crippen molar-refractivity contribution >= 4 is 34.6 Å². The molecule has 2 rings (SSSR count). The quantitative estimate of drug-likeness (QED) is 0.113. The minimum atomic E-state index is -0.718. The molecule has 0 N–H and O–H groups in total. The first-order valence-electron chi connectivity index (χ1n) is 11.5. The summed E-state index contributed by atoms with van der Waals surface area (Å²) in [5.41, 5.74) is 0. The van der Waals surface area contributed by atoms with Gasteiger partial charge in [0.05, 0.1) is 0 Å². The third kappa shape index (κ3) is 10.5. The maximum Gasteiger partial charge on any atom is 0.335 e. The molecule has 0 bridgehead atoms. The predicted octanol–water partition coefficient (Wildman–Crippen LogP) is 5.16. The van der Waals surface area contributed by atoms with E-state index in [9.17, 15) is 19.2 Å². The monoisotopic (exact) mass is 576 g/mol. The van der Waals surface area contributed by atoms with Crippen molar-refractivity contribution < 1.29 is 57.1 Å². The van der Waals surface area contributed by atoms with Crippen molar-refractivity contribution in [1.29, 1.82) is 0 Å². The second kappa shape index (κ2) is 17.3. The van der Waals surface area contributed by atoms with Crippen molar-refractivity contribution in [3.8, 4) is 23.0 Å². The van der Waals surface area contributed by atoms with Crippen LogP contribution in [0.25, 0.3) is 10.8 Å². The lowest BCUT2D eigenvalue weighted by atomic mass is 10.1. The summed E-state index contributed by atoms with van der Waals surface area (Å²) in [4.78, 5) is 45.2. The summed E-state index contributed by atoms with van der Waals surface area (Å²) in [5, 5.41) is 0.786. The number of rotatable bonds is 16. The molecule has 0 spiro atoms. The first-order valence-corrected chi connectivity index (χ1v) is 11.5. The molecule has 0 aliphatic heterocycles. The third-order valence-corrected chi connectivity index (χ3v) is 4.41. The van der Waals surface area contributed by atoms with Crippen LogP contribution in [-0.4, -0.2) is 23.9 Å². The molecule has 12 heteroatoms. The molecular formula is C30H24O12. The molecule has 42 heavy (non-hydrogen) atoms. The van der Waals surface area contributed by atoms with Crippen molar-refractivity contribution in [3.05, 3.63) is 125 Å². The SMILES string of the molecule is C=CC(=O)OC=COc1cc2c(OC=COC(=O)C=C)ccc(OC=COC(=O)C=C)c2cc1OC=COC(=O)C=C. The van der Waals surface area contributed by atoms with Crippen LogP contribution in [0.4, 0.5) is 0 Å². The molecule has 0 amide bonds. The van der Waals surface area contributed by atoms with Gasteiger partial charge in [0.1, 0.15) is 61.6 Å². The van der Waals surface area contributed by atoms with Crippen molar-refractivity contribution in [2.45, 2.75) is 0 Å². The van der Waals surface area contributed by atoms with Gasteiger partial charge in [-0.2, -0.15) is 0 Å². The van der Waals surface area contributed by atoms with Crippen molar-refractivity contribution in [2.75, 3.05) is 0 Å². The molecule has 0 saturated heterocycles. The highest BCUT2D eigenvalue weighted by Gasteiger charge is 2.15. The summed E-state index contributed by atoms with van der Waals surface area (Å²) in [6, 6.07) is 6.03. The van der Waals surface area contributed by atoms with E-state index in [-0.39, 0.29) is 23.0 Å². The number of esters is 4. The molecule has 0 aliphatic carbocycles. The van der Waals surface area contributed by atoms with Gasteiger partial charge in [-0.05, 0) is 24.3 Å². The second-order valence-corrected chi connectivity index (χ2v) is 7.03. The molecule has 0 heterocycles. The Balaban J connectivity index is 2.56. The smallest absolute Gasteiger partial charge is 0.335 e. The first kappa shape index (κ1) is 31.9. The van der Waals surface area contributed by atoms with Gasteiger partial charge in [-0.25, -0.2) is 19.2 Å². The highest BCUT2D eigenvalue weighted by molar-refractivity contribution is 5.96. The Morgan fingerprint density at radius 3 is 0.952 bits per heavy atom. The maximum absolute atomic E-state index is 11.3. The van der Waals surface area contributed by atoms with Gasteiger partial charge in [0.2, 0.25) is 0 Å². The van der Waals surface area contributed by atoms with Gasteiger partial charge in [0.25, 0.3) is 0 Å². The van der Waals surface area contributed by atoms with Crippen LogP contribution in [0.3, 0.4) is 0 Å². The summed E-state index contributed by atoms with van der Waals surface area (Å²) in [7, 11) is 0. The van der Waals surface area contributed by atoms with Gasteiger partial charge in [-0.3, -0.25) is 0 Å². The van der Waals surface area contributed by atoms with E-state index in [0.29, 0.717) is 10.8 Å². The van der Waals surface area contributed by atoms with Crippen LogP contribution in [0.5, 0.6) is 23.0 Å². The lowest BCUT2D eigenvalue weighted by molar-refractivity contribution is -0.133. The van der Waals surface area contributed by atoms with E-state index in [1.54, 1.807) is 0 Å². The van der Waals surface area contributed by atoms with Crippen molar-refractivity contribution in [1.82, 2.24) is 0 Å². The maximum atomic E-state index is 11.3. The van der Waals surface area contributed by atoms with Crippen LogP contribution >= 0.6 is 0 Å². The molecule has 0 aliphatic rings. The highest BCUT2D eigenvalue weighted by Crippen LogP contribution is 2.41. The second-order valence-electron chi connectivity index (χ2n) is 7.03. The Labute approximate surface area is 239 Å².